The number of nitrogens with one attached hydrogen (secondary N) is 1. The van der Waals surface area contributed by atoms with Crippen molar-refractivity contribution in [1.82, 2.24) is 0 Å². The summed E-state index contributed by atoms with van der Waals surface area (Å²) in [6.07, 6.45) is 0.346. The van der Waals surface area contributed by atoms with E-state index in [2.05, 4.69) is 5.32 Å². The summed E-state index contributed by atoms with van der Waals surface area (Å²) in [6.45, 7) is 3.05. The van der Waals surface area contributed by atoms with Crippen LogP contribution in [0.4, 0.5) is 10.1 Å². The number of halogens is 1. The Hall–Kier alpha value is -2.63. The number of carbonyl (C=O) groups excluding carboxylic acids is 2. The molecular formula is C15H14FNO4. The van der Waals surface area contributed by atoms with Gasteiger partial charge in [-0.2, -0.15) is 0 Å². The van der Waals surface area contributed by atoms with Crippen LogP contribution < -0.4 is 5.32 Å². The first-order valence-corrected chi connectivity index (χ1v) is 6.29. The number of ether oxygens (including phenoxy) is 1. The first-order valence-electron chi connectivity index (χ1n) is 6.29. The monoisotopic (exact) mass is 291 g/mol. The molecule has 0 unspecified atom stereocenters. The summed E-state index contributed by atoms with van der Waals surface area (Å²) in [7, 11) is 0. The van der Waals surface area contributed by atoms with E-state index in [4.69, 9.17) is 9.15 Å². The Kier molecular flexibility index (Phi) is 4.37. The molecule has 0 bridgehead atoms. The van der Waals surface area contributed by atoms with Gasteiger partial charge >= 0.3 is 5.97 Å². The molecule has 5 nitrogen and oxygen atoms in total. The van der Waals surface area contributed by atoms with Gasteiger partial charge < -0.3 is 14.5 Å². The number of esters is 1. The summed E-state index contributed by atoms with van der Waals surface area (Å²) in [6, 6.07) is 6.91. The summed E-state index contributed by atoms with van der Waals surface area (Å²) in [5, 5.41) is 2.47. The largest absolute Gasteiger partial charge is 0.469 e. The molecule has 0 spiro atoms. The molecule has 0 fully saturated rings. The van der Waals surface area contributed by atoms with Crippen molar-refractivity contribution >= 4 is 17.6 Å². The molecule has 1 aromatic heterocycles. The molecule has 0 aliphatic rings. The van der Waals surface area contributed by atoms with E-state index in [0.29, 0.717) is 11.4 Å². The summed E-state index contributed by atoms with van der Waals surface area (Å²) in [5.74, 6) is -1.25. The van der Waals surface area contributed by atoms with Crippen LogP contribution in [0.25, 0.3) is 0 Å². The Morgan fingerprint density at radius 1 is 1.33 bits per heavy atom. The van der Waals surface area contributed by atoms with Crippen molar-refractivity contribution in [2.24, 2.45) is 0 Å². The van der Waals surface area contributed by atoms with Crippen LogP contribution in [0.3, 0.4) is 0 Å². The minimum Gasteiger partial charge on any atom is -0.469 e. The number of rotatable bonds is 4. The number of furan rings is 1. The van der Waals surface area contributed by atoms with E-state index >= 15 is 0 Å². The molecule has 1 amide bonds. The molecule has 2 aromatic rings. The fourth-order valence-electron chi connectivity index (χ4n) is 1.68. The fraction of sp³-hybridized carbons (Fsp3) is 0.200. The van der Waals surface area contributed by atoms with Gasteiger partial charge in [0.1, 0.15) is 17.1 Å². The third-order valence-electron chi connectivity index (χ3n) is 2.82. The van der Waals surface area contributed by atoms with Gasteiger partial charge in [-0.3, -0.25) is 4.79 Å². The maximum Gasteiger partial charge on any atom is 0.342 e. The lowest BCUT2D eigenvalue weighted by atomic mass is 10.2. The fourth-order valence-corrected chi connectivity index (χ4v) is 1.68. The predicted octanol–water partition coefficient (Wildman–Crippen LogP) is 2.91. The van der Waals surface area contributed by atoms with Crippen LogP contribution in [0.2, 0.25) is 0 Å². The van der Waals surface area contributed by atoms with Gasteiger partial charge in [0.25, 0.3) is 5.91 Å². The van der Waals surface area contributed by atoms with Crippen molar-refractivity contribution in [1.29, 1.82) is 0 Å². The smallest absolute Gasteiger partial charge is 0.342 e. The number of amides is 1. The highest BCUT2D eigenvalue weighted by Gasteiger charge is 2.21. The van der Waals surface area contributed by atoms with E-state index in [1.165, 1.54) is 43.5 Å². The summed E-state index contributed by atoms with van der Waals surface area (Å²) >= 11 is 0. The molecule has 0 saturated carbocycles. The SMILES string of the molecule is Cc1occc1C(=O)O[C@H](C)C(=O)Nc1cccc(F)c1. The maximum atomic E-state index is 13.0. The molecule has 1 atom stereocenters. The van der Waals surface area contributed by atoms with Crippen molar-refractivity contribution in [2.45, 2.75) is 20.0 Å². The standard InChI is InChI=1S/C15H14FNO4/c1-9-13(6-7-20-9)15(19)21-10(2)14(18)17-12-5-3-4-11(16)8-12/h3-8,10H,1-2H3,(H,17,18)/t10-/m1/s1. The lowest BCUT2D eigenvalue weighted by Gasteiger charge is -2.13. The molecule has 1 heterocycles. The van der Waals surface area contributed by atoms with Gasteiger partial charge in [-0.25, -0.2) is 9.18 Å². The second-order valence-electron chi connectivity index (χ2n) is 4.44. The Morgan fingerprint density at radius 2 is 2.10 bits per heavy atom. The second-order valence-corrected chi connectivity index (χ2v) is 4.44. The van der Waals surface area contributed by atoms with Gasteiger partial charge in [-0.15, -0.1) is 0 Å². The van der Waals surface area contributed by atoms with Crippen LogP contribution in [0.15, 0.2) is 41.0 Å². The summed E-state index contributed by atoms with van der Waals surface area (Å²) in [5.41, 5.74) is 0.558. The number of hydrogen-bond acceptors (Lipinski definition) is 4. The van der Waals surface area contributed by atoms with Crippen LogP contribution in [0, 0.1) is 12.7 Å². The van der Waals surface area contributed by atoms with E-state index in [-0.39, 0.29) is 5.56 Å². The lowest BCUT2D eigenvalue weighted by Crippen LogP contribution is -2.30. The van der Waals surface area contributed by atoms with Crippen molar-refractivity contribution in [3.63, 3.8) is 0 Å². The summed E-state index contributed by atoms with van der Waals surface area (Å²) in [4.78, 5) is 23.7. The molecule has 2 rings (SSSR count). The molecular weight excluding hydrogens is 277 g/mol. The third-order valence-corrected chi connectivity index (χ3v) is 2.82. The Morgan fingerprint density at radius 3 is 2.71 bits per heavy atom. The van der Waals surface area contributed by atoms with E-state index < -0.39 is 23.8 Å². The first-order chi connectivity index (χ1) is 9.97. The molecule has 1 N–H and O–H groups in total. The molecule has 110 valence electrons. The van der Waals surface area contributed by atoms with Crippen molar-refractivity contribution in [2.75, 3.05) is 5.32 Å². The average molecular weight is 291 g/mol. The molecule has 21 heavy (non-hydrogen) atoms. The number of aryl methyl sites for hydroxylation is 1. The minimum atomic E-state index is -1.02. The summed E-state index contributed by atoms with van der Waals surface area (Å²) < 4.78 is 23.0. The maximum absolute atomic E-state index is 13.0. The zero-order chi connectivity index (χ0) is 15.4. The van der Waals surface area contributed by atoms with Crippen LogP contribution in [-0.4, -0.2) is 18.0 Å². The van der Waals surface area contributed by atoms with Gasteiger partial charge in [0.05, 0.1) is 6.26 Å². The van der Waals surface area contributed by atoms with Crippen molar-refractivity contribution < 1.29 is 23.1 Å². The topological polar surface area (TPSA) is 68.5 Å². The van der Waals surface area contributed by atoms with E-state index in [1.54, 1.807) is 6.92 Å². The van der Waals surface area contributed by atoms with Crippen molar-refractivity contribution in [3.05, 3.63) is 53.7 Å². The zero-order valence-corrected chi connectivity index (χ0v) is 11.6. The normalized spacial score (nSPS) is 11.8. The average Bonchev–Trinajstić information content (AvgIpc) is 2.85. The molecule has 6 heteroatoms. The highest BCUT2D eigenvalue weighted by Crippen LogP contribution is 2.13. The third kappa shape index (κ3) is 3.68. The first kappa shape index (κ1) is 14.8. The molecule has 1 aromatic carbocycles. The highest BCUT2D eigenvalue weighted by molar-refractivity contribution is 5.97. The van der Waals surface area contributed by atoms with Crippen LogP contribution in [0.1, 0.15) is 23.0 Å². The quantitative estimate of drug-likeness (QED) is 0.879. The number of benzene rings is 1. The Balaban J connectivity index is 1.97. The van der Waals surface area contributed by atoms with Gasteiger partial charge in [0.15, 0.2) is 6.10 Å². The number of carbonyl (C=O) groups is 2. The molecule has 0 saturated heterocycles. The predicted molar refractivity (Wildman–Crippen MR) is 73.4 cm³/mol. The molecule has 0 radical (unpaired) electrons. The Labute approximate surface area is 120 Å². The van der Waals surface area contributed by atoms with E-state index in [9.17, 15) is 14.0 Å². The van der Waals surface area contributed by atoms with Crippen LogP contribution >= 0.6 is 0 Å². The van der Waals surface area contributed by atoms with Crippen LogP contribution in [-0.2, 0) is 9.53 Å². The van der Waals surface area contributed by atoms with Crippen molar-refractivity contribution in [3.8, 4) is 0 Å². The number of hydrogen-bond donors (Lipinski definition) is 1. The van der Waals surface area contributed by atoms with E-state index in [1.807, 2.05) is 0 Å². The Bertz CT molecular complexity index is 665. The van der Waals surface area contributed by atoms with Crippen LogP contribution in [0.5, 0.6) is 0 Å². The lowest BCUT2D eigenvalue weighted by molar-refractivity contribution is -0.123. The van der Waals surface area contributed by atoms with Gasteiger partial charge in [-0.05, 0) is 38.1 Å². The molecule has 0 aliphatic carbocycles. The minimum absolute atomic E-state index is 0.264. The molecule has 0 aliphatic heterocycles. The second kappa shape index (κ2) is 6.21. The highest BCUT2D eigenvalue weighted by atomic mass is 19.1. The zero-order valence-electron chi connectivity index (χ0n) is 11.6. The number of anilines is 1. The van der Waals surface area contributed by atoms with Gasteiger partial charge in [0, 0.05) is 5.69 Å². The van der Waals surface area contributed by atoms with E-state index in [0.717, 1.165) is 0 Å². The van der Waals surface area contributed by atoms with Gasteiger partial charge in [-0.1, -0.05) is 6.07 Å². The van der Waals surface area contributed by atoms with Gasteiger partial charge in [0.2, 0.25) is 0 Å².